The van der Waals surface area contributed by atoms with Crippen molar-refractivity contribution < 1.29 is 13.7 Å². The minimum atomic E-state index is -0.407. The van der Waals surface area contributed by atoms with E-state index in [1.165, 1.54) is 6.07 Å². The van der Waals surface area contributed by atoms with Gasteiger partial charge < -0.3 is 9.26 Å². The molecule has 5 rings (SSSR count). The molecule has 0 saturated heterocycles. The summed E-state index contributed by atoms with van der Waals surface area (Å²) in [4.78, 5) is 4.49. The normalized spacial score (nSPS) is 11.0. The van der Waals surface area contributed by atoms with Crippen LogP contribution in [0.25, 0.3) is 39.8 Å². The highest BCUT2D eigenvalue weighted by atomic mass is 19.1. The van der Waals surface area contributed by atoms with Crippen LogP contribution < -0.4 is 4.74 Å². The zero-order valence-corrected chi connectivity index (χ0v) is 17.5. The predicted molar refractivity (Wildman–Crippen MR) is 119 cm³/mol. The van der Waals surface area contributed by atoms with Crippen LogP contribution >= 0.6 is 0 Å². The molecule has 0 amide bonds. The number of ether oxygens (including phenoxy) is 1. The molecule has 3 aromatic carbocycles. The standard InChI is InChI=1S/C25H19FN4O2/c1-16-12-13-20(26)18(14-16)24-28-25(32-29-24)19-15-27-30(21-10-6-7-11-22(21)31-2)23(19)17-8-4-3-5-9-17/h3-15H,1-2H3. The Morgan fingerprint density at radius 1 is 0.938 bits per heavy atom. The van der Waals surface area contributed by atoms with Gasteiger partial charge in [-0.1, -0.05) is 59.3 Å². The van der Waals surface area contributed by atoms with Crippen molar-refractivity contribution in [2.24, 2.45) is 0 Å². The van der Waals surface area contributed by atoms with Crippen molar-refractivity contribution in [1.29, 1.82) is 0 Å². The topological polar surface area (TPSA) is 66.0 Å². The lowest BCUT2D eigenvalue weighted by Crippen LogP contribution is -2.02. The maximum atomic E-state index is 14.4. The summed E-state index contributed by atoms with van der Waals surface area (Å²) in [5.74, 6) is 0.703. The van der Waals surface area contributed by atoms with Crippen LogP contribution in [0, 0.1) is 12.7 Å². The Hall–Kier alpha value is -4.26. The predicted octanol–water partition coefficient (Wildman–Crippen LogP) is 5.71. The van der Waals surface area contributed by atoms with Crippen LogP contribution in [0.4, 0.5) is 4.39 Å². The Balaban J connectivity index is 1.69. The van der Waals surface area contributed by atoms with Gasteiger partial charge in [-0.15, -0.1) is 0 Å². The van der Waals surface area contributed by atoms with Gasteiger partial charge in [0.15, 0.2) is 0 Å². The smallest absolute Gasteiger partial charge is 0.262 e. The second-order valence-electron chi connectivity index (χ2n) is 7.26. The fourth-order valence-corrected chi connectivity index (χ4v) is 3.62. The molecular weight excluding hydrogens is 407 g/mol. The highest BCUT2D eigenvalue weighted by Crippen LogP contribution is 2.36. The van der Waals surface area contributed by atoms with Crippen molar-refractivity contribution in [3.05, 3.63) is 90.4 Å². The number of hydrogen-bond donors (Lipinski definition) is 0. The molecule has 0 N–H and O–H groups in total. The lowest BCUT2D eigenvalue weighted by molar-refractivity contribution is 0.412. The highest BCUT2D eigenvalue weighted by molar-refractivity contribution is 5.79. The van der Waals surface area contributed by atoms with Crippen LogP contribution in [-0.4, -0.2) is 27.0 Å². The molecule has 5 aromatic rings. The quantitative estimate of drug-likeness (QED) is 0.360. The van der Waals surface area contributed by atoms with Gasteiger partial charge in [0, 0.05) is 5.56 Å². The SMILES string of the molecule is COc1ccccc1-n1ncc(-c2nc(-c3cc(C)ccc3F)no2)c1-c1ccccc1. The van der Waals surface area contributed by atoms with Crippen LogP contribution in [0.15, 0.2) is 83.5 Å². The van der Waals surface area contributed by atoms with Crippen LogP contribution in [-0.2, 0) is 0 Å². The van der Waals surface area contributed by atoms with E-state index in [4.69, 9.17) is 9.26 Å². The second kappa shape index (κ2) is 8.11. The van der Waals surface area contributed by atoms with Gasteiger partial charge in [-0.3, -0.25) is 0 Å². The van der Waals surface area contributed by atoms with Crippen molar-refractivity contribution in [2.75, 3.05) is 7.11 Å². The monoisotopic (exact) mass is 426 g/mol. The minimum absolute atomic E-state index is 0.185. The number of benzene rings is 3. The third-order valence-corrected chi connectivity index (χ3v) is 5.15. The molecule has 32 heavy (non-hydrogen) atoms. The highest BCUT2D eigenvalue weighted by Gasteiger charge is 2.23. The maximum Gasteiger partial charge on any atom is 0.262 e. The fourth-order valence-electron chi connectivity index (χ4n) is 3.62. The molecule has 2 aromatic heterocycles. The van der Waals surface area contributed by atoms with Crippen molar-refractivity contribution in [3.8, 4) is 45.5 Å². The lowest BCUT2D eigenvalue weighted by Gasteiger charge is -2.12. The minimum Gasteiger partial charge on any atom is -0.494 e. The molecule has 0 aliphatic rings. The molecule has 0 saturated carbocycles. The average molecular weight is 426 g/mol. The van der Waals surface area contributed by atoms with E-state index in [1.807, 2.05) is 61.5 Å². The number of halogens is 1. The third kappa shape index (κ3) is 3.43. The van der Waals surface area contributed by atoms with E-state index in [-0.39, 0.29) is 11.7 Å². The van der Waals surface area contributed by atoms with E-state index < -0.39 is 5.82 Å². The Bertz CT molecular complexity index is 1390. The van der Waals surface area contributed by atoms with E-state index in [0.717, 1.165) is 22.5 Å². The van der Waals surface area contributed by atoms with Crippen LogP contribution in [0.2, 0.25) is 0 Å². The Kier molecular flexibility index (Phi) is 4.99. The first kappa shape index (κ1) is 19.7. The molecule has 0 aliphatic carbocycles. The average Bonchev–Trinajstić information content (AvgIpc) is 3.48. The summed E-state index contributed by atoms with van der Waals surface area (Å²) in [7, 11) is 1.62. The maximum absolute atomic E-state index is 14.4. The Morgan fingerprint density at radius 2 is 1.72 bits per heavy atom. The van der Waals surface area contributed by atoms with Gasteiger partial charge in [-0.2, -0.15) is 10.1 Å². The van der Waals surface area contributed by atoms with E-state index in [0.29, 0.717) is 16.9 Å². The number of methoxy groups -OCH3 is 1. The van der Waals surface area contributed by atoms with Gasteiger partial charge in [0.1, 0.15) is 17.3 Å². The number of nitrogens with zero attached hydrogens (tertiary/aromatic N) is 4. The van der Waals surface area contributed by atoms with Gasteiger partial charge in [-0.25, -0.2) is 9.07 Å². The molecule has 0 spiro atoms. The van der Waals surface area contributed by atoms with Crippen molar-refractivity contribution in [3.63, 3.8) is 0 Å². The zero-order chi connectivity index (χ0) is 22.1. The van der Waals surface area contributed by atoms with Crippen molar-refractivity contribution in [2.45, 2.75) is 6.92 Å². The first-order valence-corrected chi connectivity index (χ1v) is 10.0. The van der Waals surface area contributed by atoms with E-state index in [2.05, 4.69) is 15.2 Å². The van der Waals surface area contributed by atoms with Gasteiger partial charge >= 0.3 is 0 Å². The van der Waals surface area contributed by atoms with Crippen molar-refractivity contribution in [1.82, 2.24) is 19.9 Å². The molecule has 0 bridgehead atoms. The van der Waals surface area contributed by atoms with Crippen LogP contribution in [0.3, 0.4) is 0 Å². The van der Waals surface area contributed by atoms with E-state index in [1.54, 1.807) is 30.1 Å². The summed E-state index contributed by atoms with van der Waals surface area (Å²) in [6.07, 6.45) is 1.67. The molecule has 6 nitrogen and oxygen atoms in total. The summed E-state index contributed by atoms with van der Waals surface area (Å²) in [5, 5.41) is 8.62. The summed E-state index contributed by atoms with van der Waals surface area (Å²) < 4.78 is 27.2. The largest absolute Gasteiger partial charge is 0.494 e. The molecule has 0 unspecified atom stereocenters. The van der Waals surface area contributed by atoms with E-state index in [9.17, 15) is 4.39 Å². The Labute approximate surface area is 183 Å². The number of para-hydroxylation sites is 2. The fraction of sp³-hybridized carbons (Fsp3) is 0.0800. The molecule has 0 radical (unpaired) electrons. The number of aromatic nitrogens is 4. The van der Waals surface area contributed by atoms with Gasteiger partial charge in [0.25, 0.3) is 5.89 Å². The molecular formula is C25H19FN4O2. The summed E-state index contributed by atoms with van der Waals surface area (Å²) in [6.45, 7) is 1.88. The zero-order valence-electron chi connectivity index (χ0n) is 17.5. The lowest BCUT2D eigenvalue weighted by atomic mass is 10.1. The summed E-state index contributed by atoms with van der Waals surface area (Å²) >= 11 is 0. The molecule has 0 aliphatic heterocycles. The van der Waals surface area contributed by atoms with Gasteiger partial charge in [0.05, 0.1) is 30.1 Å². The van der Waals surface area contributed by atoms with Crippen molar-refractivity contribution >= 4 is 0 Å². The van der Waals surface area contributed by atoms with E-state index >= 15 is 0 Å². The molecule has 0 atom stereocenters. The Morgan fingerprint density at radius 3 is 2.53 bits per heavy atom. The number of aryl methyl sites for hydroxylation is 1. The number of hydrogen-bond acceptors (Lipinski definition) is 5. The van der Waals surface area contributed by atoms with Crippen LogP contribution in [0.1, 0.15) is 5.56 Å². The first-order chi connectivity index (χ1) is 15.7. The molecule has 7 heteroatoms. The molecule has 158 valence electrons. The molecule has 0 fully saturated rings. The van der Waals surface area contributed by atoms with Gasteiger partial charge in [-0.05, 0) is 31.2 Å². The molecule has 2 heterocycles. The number of rotatable bonds is 5. The third-order valence-electron chi connectivity index (χ3n) is 5.15. The summed E-state index contributed by atoms with van der Waals surface area (Å²) in [5.41, 5.74) is 4.26. The first-order valence-electron chi connectivity index (χ1n) is 10.0. The van der Waals surface area contributed by atoms with Gasteiger partial charge in [0.2, 0.25) is 5.82 Å². The second-order valence-corrected chi connectivity index (χ2v) is 7.26. The van der Waals surface area contributed by atoms with Crippen LogP contribution in [0.5, 0.6) is 5.75 Å². The summed E-state index contributed by atoms with van der Waals surface area (Å²) in [6, 6.07) is 22.2.